The summed E-state index contributed by atoms with van der Waals surface area (Å²) in [6.07, 6.45) is 3.19. The van der Waals surface area contributed by atoms with Crippen LogP contribution in [-0.2, 0) is 0 Å². The Bertz CT molecular complexity index is 83.8. The van der Waals surface area contributed by atoms with Gasteiger partial charge in [-0.3, -0.25) is 0 Å². The zero-order valence-corrected chi connectivity index (χ0v) is 5.37. The van der Waals surface area contributed by atoms with E-state index in [1.54, 1.807) is 3.82 Å². The van der Waals surface area contributed by atoms with E-state index in [0.717, 1.165) is 13.0 Å². The highest BCUT2D eigenvalue weighted by molar-refractivity contribution is 8.00. The van der Waals surface area contributed by atoms with E-state index in [0.29, 0.717) is 0 Å². The summed E-state index contributed by atoms with van der Waals surface area (Å²) >= 11 is 7.10. The third kappa shape index (κ3) is 1.72. The lowest BCUT2D eigenvalue weighted by atomic mass is 10.4. The van der Waals surface area contributed by atoms with Crippen molar-refractivity contribution in [1.82, 2.24) is 3.82 Å². The molecule has 1 nitrogen and oxygen atoms in total. The molecular formula is C4H6ClNS. The van der Waals surface area contributed by atoms with Gasteiger partial charge in [0.2, 0.25) is 0 Å². The van der Waals surface area contributed by atoms with Crippen molar-refractivity contribution in [3.8, 4) is 0 Å². The van der Waals surface area contributed by atoms with E-state index >= 15 is 0 Å². The first-order chi connectivity index (χ1) is 3.39. The third-order valence-corrected chi connectivity index (χ3v) is 1.88. The van der Waals surface area contributed by atoms with Crippen molar-refractivity contribution in [1.29, 1.82) is 0 Å². The molecule has 0 N–H and O–H groups in total. The van der Waals surface area contributed by atoms with Gasteiger partial charge < -0.3 is 0 Å². The highest BCUT2D eigenvalue weighted by atomic mass is 35.5. The Morgan fingerprint density at radius 2 is 2.57 bits per heavy atom. The molecule has 0 aromatic carbocycles. The van der Waals surface area contributed by atoms with Crippen LogP contribution in [0.5, 0.6) is 0 Å². The van der Waals surface area contributed by atoms with Gasteiger partial charge in [-0.2, -0.15) is 3.82 Å². The zero-order chi connectivity index (χ0) is 5.11. The maximum Gasteiger partial charge on any atom is 0.0291 e. The number of rotatable bonds is 0. The number of halogens is 1. The largest absolute Gasteiger partial charge is 0.159 e. The minimum absolute atomic E-state index is 0.961. The summed E-state index contributed by atoms with van der Waals surface area (Å²) in [5.74, 6) is 0. The van der Waals surface area contributed by atoms with Crippen LogP contribution >= 0.6 is 23.7 Å². The van der Waals surface area contributed by atoms with Gasteiger partial charge in [-0.1, -0.05) is 6.08 Å². The van der Waals surface area contributed by atoms with Gasteiger partial charge in [0, 0.05) is 6.54 Å². The molecule has 0 atom stereocenters. The van der Waals surface area contributed by atoms with Crippen LogP contribution in [-0.4, -0.2) is 10.4 Å². The summed E-state index contributed by atoms with van der Waals surface area (Å²) in [5.41, 5.74) is 0. The Morgan fingerprint density at radius 1 is 1.71 bits per heavy atom. The molecule has 0 amide bonds. The van der Waals surface area contributed by atoms with Crippen LogP contribution in [0.4, 0.5) is 0 Å². The molecule has 0 aromatic rings. The predicted octanol–water partition coefficient (Wildman–Crippen LogP) is 2.01. The lowest BCUT2D eigenvalue weighted by Crippen LogP contribution is -2.04. The molecule has 1 aliphatic heterocycles. The smallest absolute Gasteiger partial charge is 0.0291 e. The molecule has 1 aliphatic rings. The molecule has 0 unspecified atom stereocenters. The second kappa shape index (κ2) is 2.60. The Morgan fingerprint density at radius 3 is 2.86 bits per heavy atom. The highest BCUT2D eigenvalue weighted by Crippen LogP contribution is 2.18. The maximum atomic E-state index is 5.56. The van der Waals surface area contributed by atoms with Gasteiger partial charge in [0.05, 0.1) is 0 Å². The van der Waals surface area contributed by atoms with Crippen LogP contribution in [0.3, 0.4) is 0 Å². The second-order valence-electron chi connectivity index (χ2n) is 1.31. The van der Waals surface area contributed by atoms with Crippen LogP contribution < -0.4 is 0 Å². The summed E-state index contributed by atoms with van der Waals surface area (Å²) in [6.45, 7) is 0.961. The van der Waals surface area contributed by atoms with E-state index in [9.17, 15) is 0 Å². The fourth-order valence-corrected chi connectivity index (χ4v) is 1.21. The summed E-state index contributed by atoms with van der Waals surface area (Å²) in [7, 11) is 0. The Hall–Kier alpha value is 0.340. The minimum Gasteiger partial charge on any atom is -0.159 e. The molecule has 1 heterocycles. The molecule has 0 radical (unpaired) electrons. The number of hydrogen-bond acceptors (Lipinski definition) is 2. The van der Waals surface area contributed by atoms with Crippen molar-refractivity contribution in [2.75, 3.05) is 6.54 Å². The SMILES string of the molecule is ClN1CCC=CS1. The average Bonchev–Trinajstić information content (AvgIpc) is 1.69. The van der Waals surface area contributed by atoms with E-state index in [2.05, 4.69) is 6.08 Å². The van der Waals surface area contributed by atoms with E-state index < -0.39 is 0 Å². The molecule has 1 rings (SSSR count). The van der Waals surface area contributed by atoms with Crippen molar-refractivity contribution in [2.45, 2.75) is 6.42 Å². The van der Waals surface area contributed by atoms with Crippen LogP contribution in [0.15, 0.2) is 11.5 Å². The van der Waals surface area contributed by atoms with E-state index in [1.165, 1.54) is 11.9 Å². The molecule has 0 spiro atoms. The van der Waals surface area contributed by atoms with E-state index in [1.807, 2.05) is 5.41 Å². The van der Waals surface area contributed by atoms with Crippen molar-refractivity contribution in [2.24, 2.45) is 0 Å². The minimum atomic E-state index is 0.961. The first-order valence-electron chi connectivity index (χ1n) is 2.15. The quantitative estimate of drug-likeness (QED) is 0.369. The van der Waals surface area contributed by atoms with E-state index in [4.69, 9.17) is 11.8 Å². The monoisotopic (exact) mass is 135 g/mol. The van der Waals surface area contributed by atoms with E-state index in [-0.39, 0.29) is 0 Å². The van der Waals surface area contributed by atoms with Gasteiger partial charge in [0.1, 0.15) is 0 Å². The van der Waals surface area contributed by atoms with Crippen molar-refractivity contribution in [3.05, 3.63) is 11.5 Å². The lowest BCUT2D eigenvalue weighted by Gasteiger charge is -2.10. The standard InChI is InChI=1S/C4H6ClNS/c5-6-3-1-2-4-7-6/h2,4H,1,3H2. The number of hydrogen-bond donors (Lipinski definition) is 0. The van der Waals surface area contributed by atoms with Gasteiger partial charge in [0.15, 0.2) is 0 Å². The van der Waals surface area contributed by atoms with Gasteiger partial charge in [-0.15, -0.1) is 0 Å². The normalized spacial score (nSPS) is 23.0. The van der Waals surface area contributed by atoms with Gasteiger partial charge in [0.25, 0.3) is 0 Å². The fourth-order valence-electron chi connectivity index (χ4n) is 0.406. The maximum absolute atomic E-state index is 5.56. The Balaban J connectivity index is 2.32. The van der Waals surface area contributed by atoms with Gasteiger partial charge in [-0.05, 0) is 35.6 Å². The van der Waals surface area contributed by atoms with Crippen LogP contribution in [0.1, 0.15) is 6.42 Å². The predicted molar refractivity (Wildman–Crippen MR) is 33.9 cm³/mol. The molecule has 7 heavy (non-hydrogen) atoms. The zero-order valence-electron chi connectivity index (χ0n) is 3.80. The molecule has 0 aromatic heterocycles. The Labute approximate surface area is 52.6 Å². The van der Waals surface area contributed by atoms with Crippen LogP contribution in [0.25, 0.3) is 0 Å². The molecule has 0 aliphatic carbocycles. The molecule has 40 valence electrons. The van der Waals surface area contributed by atoms with Crippen LogP contribution in [0.2, 0.25) is 0 Å². The Kier molecular flexibility index (Phi) is 2.03. The average molecular weight is 136 g/mol. The van der Waals surface area contributed by atoms with Crippen molar-refractivity contribution >= 4 is 23.7 Å². The fraction of sp³-hybridized carbons (Fsp3) is 0.500. The van der Waals surface area contributed by atoms with Crippen molar-refractivity contribution in [3.63, 3.8) is 0 Å². The summed E-state index contributed by atoms with van der Waals surface area (Å²) in [6, 6.07) is 0. The lowest BCUT2D eigenvalue weighted by molar-refractivity contribution is 0.718. The summed E-state index contributed by atoms with van der Waals surface area (Å²) in [4.78, 5) is 0. The number of nitrogens with zero attached hydrogens (tertiary/aromatic N) is 1. The molecule has 0 fully saturated rings. The topological polar surface area (TPSA) is 3.24 Å². The summed E-state index contributed by atoms with van der Waals surface area (Å²) in [5, 5.41) is 2.00. The van der Waals surface area contributed by atoms with Crippen molar-refractivity contribution < 1.29 is 0 Å². The van der Waals surface area contributed by atoms with Gasteiger partial charge in [-0.25, -0.2) is 0 Å². The molecular weight excluding hydrogens is 130 g/mol. The summed E-state index contributed by atoms with van der Waals surface area (Å²) < 4.78 is 1.69. The first kappa shape index (κ1) is 5.48. The third-order valence-electron chi connectivity index (χ3n) is 0.743. The van der Waals surface area contributed by atoms with Gasteiger partial charge >= 0.3 is 0 Å². The second-order valence-corrected chi connectivity index (χ2v) is 2.84. The molecule has 0 bridgehead atoms. The molecule has 0 saturated carbocycles. The molecule has 0 saturated heterocycles. The highest BCUT2D eigenvalue weighted by Gasteiger charge is 1.99. The molecule has 3 heteroatoms. The van der Waals surface area contributed by atoms with Crippen LogP contribution in [0, 0.1) is 0 Å². The first-order valence-corrected chi connectivity index (χ1v) is 3.32.